The molecule has 0 aliphatic heterocycles. The quantitative estimate of drug-likeness (QED) is 0.360. The van der Waals surface area contributed by atoms with Crippen LogP contribution >= 0.6 is 22.7 Å². The summed E-state index contributed by atoms with van der Waals surface area (Å²) in [6.07, 6.45) is 1.03. The van der Waals surface area contributed by atoms with E-state index in [1.165, 1.54) is 16.2 Å². The van der Waals surface area contributed by atoms with E-state index in [2.05, 4.69) is 40.1 Å². The highest BCUT2D eigenvalue weighted by Gasteiger charge is 2.20. The molecule has 2 rings (SSSR count). The van der Waals surface area contributed by atoms with Gasteiger partial charge in [0.2, 0.25) is 0 Å². The van der Waals surface area contributed by atoms with Crippen LogP contribution in [0.2, 0.25) is 0 Å². The number of aryl methyl sites for hydroxylation is 1. The average molecular weight is 423 g/mol. The fourth-order valence-corrected chi connectivity index (χ4v) is 4.49. The van der Waals surface area contributed by atoms with Crippen molar-refractivity contribution < 1.29 is 9.53 Å². The number of carbonyl (C=O) groups is 1. The Balaban J connectivity index is 2.00. The summed E-state index contributed by atoms with van der Waals surface area (Å²) < 4.78 is 5.11. The second-order valence-corrected chi connectivity index (χ2v) is 8.72. The number of nitrogens with zero attached hydrogens (tertiary/aromatic N) is 2. The number of nitrogens with one attached hydrogen (secondary N) is 2. The molecule has 6 nitrogen and oxygen atoms in total. The van der Waals surface area contributed by atoms with Crippen LogP contribution in [0.25, 0.3) is 0 Å². The van der Waals surface area contributed by atoms with Crippen LogP contribution in [0.5, 0.6) is 0 Å². The fraction of sp³-hybridized carbons (Fsp3) is 0.550. The third kappa shape index (κ3) is 6.60. The molecule has 0 spiro atoms. The Kier molecular flexibility index (Phi) is 8.92. The summed E-state index contributed by atoms with van der Waals surface area (Å²) in [5.74, 6) is 0.916. The van der Waals surface area contributed by atoms with Gasteiger partial charge in [-0.2, -0.15) is 0 Å². The molecule has 8 heteroatoms. The van der Waals surface area contributed by atoms with Crippen molar-refractivity contribution in [3.63, 3.8) is 0 Å². The minimum Gasteiger partial charge on any atom is -0.462 e. The van der Waals surface area contributed by atoms with E-state index in [1.807, 2.05) is 20.8 Å². The van der Waals surface area contributed by atoms with Crippen LogP contribution in [0.15, 0.2) is 22.5 Å². The van der Waals surface area contributed by atoms with Gasteiger partial charge in [-0.15, -0.1) is 22.7 Å². The number of rotatable bonds is 9. The van der Waals surface area contributed by atoms with Gasteiger partial charge in [0, 0.05) is 18.0 Å². The fourth-order valence-electron chi connectivity index (χ4n) is 2.66. The minimum atomic E-state index is -0.307. The molecule has 0 radical (unpaired) electrons. The van der Waals surface area contributed by atoms with E-state index in [4.69, 9.17) is 9.73 Å². The van der Waals surface area contributed by atoms with Crippen molar-refractivity contribution >= 4 is 34.6 Å². The summed E-state index contributed by atoms with van der Waals surface area (Å²) in [5, 5.41) is 9.64. The molecule has 0 aromatic carbocycles. The van der Waals surface area contributed by atoms with Crippen molar-refractivity contribution in [2.45, 2.75) is 47.1 Å². The Morgan fingerprint density at radius 3 is 2.79 bits per heavy atom. The van der Waals surface area contributed by atoms with E-state index < -0.39 is 0 Å². The molecule has 0 bridgehead atoms. The van der Waals surface area contributed by atoms with E-state index >= 15 is 0 Å². The predicted molar refractivity (Wildman–Crippen MR) is 118 cm³/mol. The number of ether oxygens (including phenoxy) is 1. The number of esters is 1. The van der Waals surface area contributed by atoms with Gasteiger partial charge in [-0.05, 0) is 51.5 Å². The first-order valence-electron chi connectivity index (χ1n) is 9.66. The van der Waals surface area contributed by atoms with E-state index in [-0.39, 0.29) is 12.0 Å². The predicted octanol–water partition coefficient (Wildman–Crippen LogP) is 4.18. The van der Waals surface area contributed by atoms with Crippen molar-refractivity contribution in [1.82, 2.24) is 15.6 Å². The molecule has 2 atom stereocenters. The number of carbonyl (C=O) groups excluding carboxylic acids is 1. The van der Waals surface area contributed by atoms with Gasteiger partial charge < -0.3 is 15.4 Å². The summed E-state index contributed by atoms with van der Waals surface area (Å²) in [7, 11) is 0. The lowest BCUT2D eigenvalue weighted by molar-refractivity contribution is 0.0531. The van der Waals surface area contributed by atoms with Crippen LogP contribution < -0.4 is 10.6 Å². The van der Waals surface area contributed by atoms with Gasteiger partial charge in [0.1, 0.15) is 9.88 Å². The van der Waals surface area contributed by atoms with Crippen LogP contribution in [0.3, 0.4) is 0 Å². The average Bonchev–Trinajstić information content (AvgIpc) is 3.29. The molecular formula is C20H30N4O2S2. The molecule has 28 heavy (non-hydrogen) atoms. The van der Waals surface area contributed by atoms with E-state index in [9.17, 15) is 4.79 Å². The first kappa shape index (κ1) is 22.4. The monoisotopic (exact) mass is 422 g/mol. The molecule has 0 aliphatic carbocycles. The summed E-state index contributed by atoms with van der Waals surface area (Å²) in [6, 6.07) is 4.20. The Labute approximate surface area is 175 Å². The van der Waals surface area contributed by atoms with Crippen molar-refractivity contribution in [3.05, 3.63) is 38.0 Å². The number of guanidine groups is 1. The van der Waals surface area contributed by atoms with Gasteiger partial charge in [-0.1, -0.05) is 13.0 Å². The molecule has 0 saturated heterocycles. The Hall–Kier alpha value is -1.93. The lowest BCUT2D eigenvalue weighted by atomic mass is 10.1. The summed E-state index contributed by atoms with van der Waals surface area (Å²) in [5.41, 5.74) is 0.707. The number of aromatic nitrogens is 1. The molecule has 2 aromatic heterocycles. The summed E-state index contributed by atoms with van der Waals surface area (Å²) in [6.45, 7) is 11.8. The number of hydrogen-bond acceptors (Lipinski definition) is 6. The van der Waals surface area contributed by atoms with Crippen LogP contribution in [0.1, 0.15) is 59.0 Å². The smallest absolute Gasteiger partial charge is 0.350 e. The lowest BCUT2D eigenvalue weighted by Gasteiger charge is -2.17. The maximum Gasteiger partial charge on any atom is 0.350 e. The van der Waals surface area contributed by atoms with Gasteiger partial charge in [0.05, 0.1) is 18.3 Å². The SMILES string of the molecule is CCNC(=NCC(C)Cc1cccs1)NC(C)c1nc(C)c(C(=O)OCC)s1. The van der Waals surface area contributed by atoms with Crippen molar-refractivity contribution in [2.75, 3.05) is 19.7 Å². The molecule has 2 N–H and O–H groups in total. The molecule has 0 aliphatic rings. The summed E-state index contributed by atoms with van der Waals surface area (Å²) in [4.78, 5) is 23.3. The maximum absolute atomic E-state index is 12.0. The van der Waals surface area contributed by atoms with Gasteiger partial charge in [-0.25, -0.2) is 9.78 Å². The van der Waals surface area contributed by atoms with Crippen molar-refractivity contribution in [1.29, 1.82) is 0 Å². The molecule has 0 saturated carbocycles. The van der Waals surface area contributed by atoms with Gasteiger partial charge in [-0.3, -0.25) is 4.99 Å². The minimum absolute atomic E-state index is 0.0581. The zero-order chi connectivity index (χ0) is 20.5. The highest BCUT2D eigenvalue weighted by atomic mass is 32.1. The number of aliphatic imine (C=N–C) groups is 1. The van der Waals surface area contributed by atoms with Gasteiger partial charge in [0.25, 0.3) is 0 Å². The number of thiophene rings is 1. The highest BCUT2D eigenvalue weighted by molar-refractivity contribution is 7.13. The van der Waals surface area contributed by atoms with Gasteiger partial charge >= 0.3 is 5.97 Å². The largest absolute Gasteiger partial charge is 0.462 e. The zero-order valence-corrected chi connectivity index (χ0v) is 18.9. The van der Waals surface area contributed by atoms with Gasteiger partial charge in [0.15, 0.2) is 5.96 Å². The Morgan fingerprint density at radius 2 is 2.14 bits per heavy atom. The first-order valence-corrected chi connectivity index (χ1v) is 11.4. The normalized spacial score (nSPS) is 13.8. The molecule has 0 fully saturated rings. The van der Waals surface area contributed by atoms with Crippen LogP contribution in [-0.4, -0.2) is 36.6 Å². The number of hydrogen-bond donors (Lipinski definition) is 2. The Bertz CT molecular complexity index is 771. The maximum atomic E-state index is 12.0. The first-order chi connectivity index (χ1) is 13.4. The second-order valence-electron chi connectivity index (χ2n) is 6.66. The molecule has 0 amide bonds. The second kappa shape index (κ2) is 11.2. The lowest BCUT2D eigenvalue weighted by Crippen LogP contribution is -2.39. The topological polar surface area (TPSA) is 75.6 Å². The standard InChI is InChI=1S/C20H30N4O2S2/c1-6-21-20(22-12-13(3)11-16-9-8-10-27-16)24-15(5)18-23-14(4)17(28-18)19(25)26-7-2/h8-10,13,15H,6-7,11-12H2,1-5H3,(H2,21,22,24). The van der Waals surface area contributed by atoms with E-state index in [0.29, 0.717) is 23.1 Å². The van der Waals surface area contributed by atoms with Crippen molar-refractivity contribution in [2.24, 2.45) is 10.9 Å². The van der Waals surface area contributed by atoms with Crippen molar-refractivity contribution in [3.8, 4) is 0 Å². The van der Waals surface area contributed by atoms with Crippen LogP contribution in [0.4, 0.5) is 0 Å². The third-order valence-corrected chi connectivity index (χ3v) is 6.25. The van der Waals surface area contributed by atoms with Crippen LogP contribution in [0, 0.1) is 12.8 Å². The molecule has 2 aromatic rings. The van der Waals surface area contributed by atoms with Crippen LogP contribution in [-0.2, 0) is 11.2 Å². The molecular weight excluding hydrogens is 392 g/mol. The third-order valence-electron chi connectivity index (χ3n) is 4.03. The Morgan fingerprint density at radius 1 is 1.36 bits per heavy atom. The number of thiazole rings is 1. The molecule has 2 unspecified atom stereocenters. The molecule has 154 valence electrons. The van der Waals surface area contributed by atoms with E-state index in [1.54, 1.807) is 18.3 Å². The zero-order valence-electron chi connectivity index (χ0n) is 17.2. The van der Waals surface area contributed by atoms with E-state index in [0.717, 1.165) is 30.5 Å². The summed E-state index contributed by atoms with van der Waals surface area (Å²) >= 11 is 3.16. The highest BCUT2D eigenvalue weighted by Crippen LogP contribution is 2.24. The molecule has 2 heterocycles.